The van der Waals surface area contributed by atoms with Crippen LogP contribution in [0.15, 0.2) is 24.3 Å². The minimum Gasteiger partial charge on any atom is -0.497 e. The predicted molar refractivity (Wildman–Crippen MR) is 89.1 cm³/mol. The fourth-order valence-electron chi connectivity index (χ4n) is 3.11. The van der Waals surface area contributed by atoms with E-state index in [0.29, 0.717) is 6.04 Å². The van der Waals surface area contributed by atoms with Crippen molar-refractivity contribution in [3.63, 3.8) is 0 Å². The zero-order valence-electron chi connectivity index (χ0n) is 13.8. The van der Waals surface area contributed by atoms with E-state index in [1.807, 2.05) is 31.2 Å². The number of quaternary nitrogens is 1. The molecule has 122 valence electrons. The number of anilines is 1. The smallest absolute Gasteiger partial charge is 0.282 e. The summed E-state index contributed by atoms with van der Waals surface area (Å²) in [6, 6.07) is 8.01. The van der Waals surface area contributed by atoms with Crippen LogP contribution in [0, 0.1) is 0 Å². The third-order valence-electron chi connectivity index (χ3n) is 4.48. The second-order valence-corrected chi connectivity index (χ2v) is 6.30. The van der Waals surface area contributed by atoms with E-state index in [9.17, 15) is 4.79 Å². The van der Waals surface area contributed by atoms with Crippen LogP contribution in [-0.4, -0.2) is 25.1 Å². The molecule has 0 aromatic heterocycles. The zero-order chi connectivity index (χ0) is 15.8. The van der Waals surface area contributed by atoms with Crippen molar-refractivity contribution in [2.45, 2.75) is 64.0 Å². The quantitative estimate of drug-likeness (QED) is 0.879. The Bertz CT molecular complexity index is 451. The van der Waals surface area contributed by atoms with E-state index >= 15 is 0 Å². The van der Waals surface area contributed by atoms with Gasteiger partial charge in [0.25, 0.3) is 5.91 Å². The maximum Gasteiger partial charge on any atom is 0.282 e. The third-order valence-corrected chi connectivity index (χ3v) is 4.48. The van der Waals surface area contributed by atoms with Gasteiger partial charge in [0.2, 0.25) is 0 Å². The second kappa shape index (κ2) is 8.79. The molecule has 4 heteroatoms. The van der Waals surface area contributed by atoms with Crippen molar-refractivity contribution in [1.82, 2.24) is 0 Å². The first-order valence-corrected chi connectivity index (χ1v) is 8.49. The van der Waals surface area contributed by atoms with E-state index in [2.05, 4.69) is 10.6 Å². The number of nitrogens with one attached hydrogen (secondary N) is 1. The summed E-state index contributed by atoms with van der Waals surface area (Å²) in [4.78, 5) is 12.3. The Morgan fingerprint density at radius 3 is 2.32 bits per heavy atom. The summed E-state index contributed by atoms with van der Waals surface area (Å²) < 4.78 is 5.13. The second-order valence-electron chi connectivity index (χ2n) is 6.30. The number of amides is 1. The van der Waals surface area contributed by atoms with E-state index < -0.39 is 0 Å². The Balaban J connectivity index is 1.82. The molecule has 1 amide bonds. The highest BCUT2D eigenvalue weighted by Gasteiger charge is 2.22. The number of rotatable bonds is 5. The largest absolute Gasteiger partial charge is 0.497 e. The van der Waals surface area contributed by atoms with E-state index in [-0.39, 0.29) is 11.9 Å². The van der Waals surface area contributed by atoms with Crippen LogP contribution in [0.25, 0.3) is 0 Å². The molecule has 1 fully saturated rings. The zero-order valence-corrected chi connectivity index (χ0v) is 13.8. The van der Waals surface area contributed by atoms with Crippen LogP contribution in [0.2, 0.25) is 0 Å². The number of carbonyl (C=O) groups is 1. The van der Waals surface area contributed by atoms with Crippen molar-refractivity contribution >= 4 is 11.6 Å². The Labute approximate surface area is 133 Å². The summed E-state index contributed by atoms with van der Waals surface area (Å²) in [5, 5.41) is 5.24. The van der Waals surface area contributed by atoms with Crippen LogP contribution >= 0.6 is 0 Å². The van der Waals surface area contributed by atoms with Gasteiger partial charge in [0, 0.05) is 5.69 Å². The summed E-state index contributed by atoms with van der Waals surface area (Å²) in [6.07, 6.45) is 9.13. The van der Waals surface area contributed by atoms with Crippen molar-refractivity contribution in [2.75, 3.05) is 12.4 Å². The Kier molecular flexibility index (Phi) is 6.72. The Morgan fingerprint density at radius 1 is 1.14 bits per heavy atom. The first kappa shape index (κ1) is 16.8. The molecule has 22 heavy (non-hydrogen) atoms. The van der Waals surface area contributed by atoms with E-state index in [1.165, 1.54) is 44.9 Å². The van der Waals surface area contributed by atoms with Gasteiger partial charge >= 0.3 is 0 Å². The molecule has 1 aliphatic carbocycles. The molecule has 1 aromatic carbocycles. The molecule has 0 bridgehead atoms. The highest BCUT2D eigenvalue weighted by Crippen LogP contribution is 2.16. The number of hydrogen-bond acceptors (Lipinski definition) is 2. The molecule has 0 heterocycles. The molecule has 1 atom stereocenters. The monoisotopic (exact) mass is 305 g/mol. The lowest BCUT2D eigenvalue weighted by Gasteiger charge is -2.21. The average molecular weight is 305 g/mol. The lowest BCUT2D eigenvalue weighted by molar-refractivity contribution is -0.707. The number of ether oxygens (including phenoxy) is 1. The van der Waals surface area contributed by atoms with Gasteiger partial charge in [0.15, 0.2) is 6.04 Å². The van der Waals surface area contributed by atoms with Crippen LogP contribution in [0.4, 0.5) is 5.69 Å². The average Bonchev–Trinajstić information content (AvgIpc) is 2.50. The fourth-order valence-corrected chi connectivity index (χ4v) is 3.11. The lowest BCUT2D eigenvalue weighted by Crippen LogP contribution is -2.96. The van der Waals surface area contributed by atoms with Crippen LogP contribution in [0.3, 0.4) is 0 Å². The standard InChI is InChI=1S/C18H28N2O2/c1-14(19-15-8-6-4-3-5-7-9-15)18(21)20-16-10-12-17(22-2)13-11-16/h10-15,19H,3-9H2,1-2H3,(H,20,21)/p+1/t14-/m1/s1. The maximum atomic E-state index is 12.3. The van der Waals surface area contributed by atoms with Crippen LogP contribution in [-0.2, 0) is 4.79 Å². The van der Waals surface area contributed by atoms with E-state index in [1.54, 1.807) is 7.11 Å². The van der Waals surface area contributed by atoms with Gasteiger partial charge in [-0.05, 0) is 56.9 Å². The van der Waals surface area contributed by atoms with Crippen molar-refractivity contribution in [1.29, 1.82) is 0 Å². The van der Waals surface area contributed by atoms with Crippen molar-refractivity contribution in [3.8, 4) is 5.75 Å². The first-order valence-electron chi connectivity index (χ1n) is 8.49. The van der Waals surface area contributed by atoms with Gasteiger partial charge in [0.1, 0.15) is 5.75 Å². The Morgan fingerprint density at radius 2 is 1.73 bits per heavy atom. The summed E-state index contributed by atoms with van der Waals surface area (Å²) in [5.41, 5.74) is 0.823. The third kappa shape index (κ3) is 5.34. The van der Waals surface area contributed by atoms with Gasteiger partial charge < -0.3 is 15.4 Å². The van der Waals surface area contributed by atoms with Gasteiger partial charge in [-0.3, -0.25) is 4.79 Å². The molecule has 0 unspecified atom stereocenters. The van der Waals surface area contributed by atoms with E-state index in [4.69, 9.17) is 4.74 Å². The van der Waals surface area contributed by atoms with Gasteiger partial charge in [-0.15, -0.1) is 0 Å². The Hall–Kier alpha value is -1.55. The number of methoxy groups -OCH3 is 1. The predicted octanol–water partition coefficient (Wildman–Crippen LogP) is 2.70. The van der Waals surface area contributed by atoms with Gasteiger partial charge in [-0.1, -0.05) is 19.3 Å². The van der Waals surface area contributed by atoms with Crippen LogP contribution in [0.1, 0.15) is 51.9 Å². The summed E-state index contributed by atoms with van der Waals surface area (Å²) in [7, 11) is 1.64. The molecule has 0 radical (unpaired) electrons. The summed E-state index contributed by atoms with van der Waals surface area (Å²) >= 11 is 0. The molecule has 3 N–H and O–H groups in total. The van der Waals surface area contributed by atoms with Gasteiger partial charge in [0.05, 0.1) is 13.2 Å². The van der Waals surface area contributed by atoms with E-state index in [0.717, 1.165) is 11.4 Å². The minimum atomic E-state index is -0.0495. The molecule has 2 rings (SSSR count). The fraction of sp³-hybridized carbons (Fsp3) is 0.611. The molecule has 1 saturated carbocycles. The number of hydrogen-bond donors (Lipinski definition) is 2. The highest BCUT2D eigenvalue weighted by molar-refractivity contribution is 5.93. The minimum absolute atomic E-state index is 0.0495. The normalized spacial score (nSPS) is 18.1. The topological polar surface area (TPSA) is 54.9 Å². The molecule has 0 aliphatic heterocycles. The molecular weight excluding hydrogens is 276 g/mol. The van der Waals surface area contributed by atoms with Crippen LogP contribution in [0.5, 0.6) is 5.75 Å². The summed E-state index contributed by atoms with van der Waals surface area (Å²) in [5.74, 6) is 0.874. The summed E-state index contributed by atoms with van der Waals surface area (Å²) in [6.45, 7) is 2.00. The van der Waals surface area contributed by atoms with Crippen molar-refractivity contribution in [2.24, 2.45) is 0 Å². The lowest BCUT2D eigenvalue weighted by atomic mass is 9.96. The first-order chi connectivity index (χ1) is 10.7. The van der Waals surface area contributed by atoms with Gasteiger partial charge in [-0.2, -0.15) is 0 Å². The number of carbonyl (C=O) groups excluding carboxylic acids is 1. The van der Waals surface area contributed by atoms with Gasteiger partial charge in [-0.25, -0.2) is 0 Å². The van der Waals surface area contributed by atoms with Crippen molar-refractivity contribution < 1.29 is 14.8 Å². The maximum absolute atomic E-state index is 12.3. The molecule has 1 aliphatic rings. The van der Waals surface area contributed by atoms with Crippen LogP contribution < -0.4 is 15.4 Å². The number of benzene rings is 1. The molecule has 1 aromatic rings. The highest BCUT2D eigenvalue weighted by atomic mass is 16.5. The van der Waals surface area contributed by atoms with Crippen molar-refractivity contribution in [3.05, 3.63) is 24.3 Å². The SMILES string of the molecule is COc1ccc(NC(=O)[C@@H](C)[NH2+]C2CCCCCCC2)cc1. The number of nitrogens with two attached hydrogens (primary N) is 1. The molecule has 0 saturated heterocycles. The molecule has 0 spiro atoms. The molecule has 4 nitrogen and oxygen atoms in total. The molecular formula is C18H29N2O2+.